The molecule has 3 aromatic rings. The summed E-state index contributed by atoms with van der Waals surface area (Å²) < 4.78 is 2.66. The van der Waals surface area contributed by atoms with Crippen LogP contribution in [0.3, 0.4) is 0 Å². The molecule has 3 nitrogen and oxygen atoms in total. The minimum atomic E-state index is 0.562. The van der Waals surface area contributed by atoms with Crippen molar-refractivity contribution in [3.05, 3.63) is 64.8 Å². The van der Waals surface area contributed by atoms with Crippen molar-refractivity contribution in [3.63, 3.8) is 0 Å². The second-order valence-corrected chi connectivity index (χ2v) is 8.83. The first kappa shape index (κ1) is 17.8. The molecule has 1 aromatic heterocycles. The highest BCUT2D eigenvalue weighted by Gasteiger charge is 2.33. The Labute approximate surface area is 168 Å². The van der Waals surface area contributed by atoms with Crippen LogP contribution in [0.15, 0.2) is 42.5 Å². The van der Waals surface area contributed by atoms with Gasteiger partial charge in [0.1, 0.15) is 0 Å². The summed E-state index contributed by atoms with van der Waals surface area (Å²) in [5.74, 6) is 0. The molecule has 1 aliphatic heterocycles. The van der Waals surface area contributed by atoms with Crippen LogP contribution >= 0.6 is 0 Å². The van der Waals surface area contributed by atoms with E-state index in [1.54, 1.807) is 11.3 Å². The SMILES string of the molecule is Cc1ccc2c(c1)c1c3n2CCCN(Cc2ccc(N(C)C)cc2)C3CCC1. The zero-order valence-electron chi connectivity index (χ0n) is 17.4. The van der Waals surface area contributed by atoms with Gasteiger partial charge in [-0.3, -0.25) is 4.90 Å². The Morgan fingerprint density at radius 3 is 2.61 bits per heavy atom. The van der Waals surface area contributed by atoms with E-state index in [0.29, 0.717) is 6.04 Å². The van der Waals surface area contributed by atoms with E-state index in [0.717, 1.165) is 13.1 Å². The molecule has 0 saturated carbocycles. The van der Waals surface area contributed by atoms with Crippen molar-refractivity contribution < 1.29 is 0 Å². The highest BCUT2D eigenvalue weighted by atomic mass is 15.2. The van der Waals surface area contributed by atoms with E-state index in [-0.39, 0.29) is 0 Å². The van der Waals surface area contributed by atoms with Gasteiger partial charge >= 0.3 is 0 Å². The second-order valence-electron chi connectivity index (χ2n) is 8.83. The zero-order valence-corrected chi connectivity index (χ0v) is 17.4. The van der Waals surface area contributed by atoms with E-state index < -0.39 is 0 Å². The fraction of sp³-hybridized carbons (Fsp3) is 0.440. The Morgan fingerprint density at radius 2 is 1.82 bits per heavy atom. The number of rotatable bonds is 3. The number of benzene rings is 2. The quantitative estimate of drug-likeness (QED) is 0.617. The second kappa shape index (κ2) is 6.97. The molecule has 0 bridgehead atoms. The van der Waals surface area contributed by atoms with Crippen LogP contribution < -0.4 is 4.90 Å². The third kappa shape index (κ3) is 2.93. The number of aromatic nitrogens is 1. The highest BCUT2D eigenvalue weighted by molar-refractivity contribution is 5.87. The van der Waals surface area contributed by atoms with Gasteiger partial charge in [-0.25, -0.2) is 0 Å². The maximum Gasteiger partial charge on any atom is 0.0507 e. The number of aryl methyl sites for hydroxylation is 3. The average Bonchev–Trinajstić information content (AvgIpc) is 2.88. The Balaban J connectivity index is 1.52. The lowest BCUT2D eigenvalue weighted by atomic mass is 9.90. The number of anilines is 1. The van der Waals surface area contributed by atoms with Crippen LogP contribution in [0.5, 0.6) is 0 Å². The Hall–Kier alpha value is -2.26. The molecule has 1 unspecified atom stereocenters. The monoisotopic (exact) mass is 373 g/mol. The molecular weight excluding hydrogens is 342 g/mol. The summed E-state index contributed by atoms with van der Waals surface area (Å²) in [7, 11) is 4.21. The molecule has 2 heterocycles. The lowest BCUT2D eigenvalue weighted by molar-refractivity contribution is 0.173. The van der Waals surface area contributed by atoms with Crippen molar-refractivity contribution in [2.45, 2.75) is 51.7 Å². The summed E-state index contributed by atoms with van der Waals surface area (Å²) in [5, 5.41) is 1.51. The number of nitrogens with zero attached hydrogens (tertiary/aromatic N) is 3. The summed E-state index contributed by atoms with van der Waals surface area (Å²) in [5.41, 5.74) is 8.79. The van der Waals surface area contributed by atoms with Gasteiger partial charge in [0.25, 0.3) is 0 Å². The molecule has 0 spiro atoms. The van der Waals surface area contributed by atoms with E-state index in [1.807, 2.05) is 0 Å². The van der Waals surface area contributed by atoms with Crippen molar-refractivity contribution in [3.8, 4) is 0 Å². The molecule has 146 valence electrons. The maximum atomic E-state index is 2.75. The van der Waals surface area contributed by atoms with Crippen molar-refractivity contribution in [2.24, 2.45) is 0 Å². The minimum absolute atomic E-state index is 0.562. The van der Waals surface area contributed by atoms with Crippen molar-refractivity contribution in [1.29, 1.82) is 0 Å². The molecule has 0 N–H and O–H groups in total. The standard InChI is InChI=1S/C25H31N3/c1-18-8-13-23-22(16-18)21-6-4-7-24-25(21)28(23)15-5-14-27(24)17-19-9-11-20(12-10-19)26(2)3/h8-13,16,24H,4-7,14-15,17H2,1-3H3. The van der Waals surface area contributed by atoms with Crippen LogP contribution in [-0.4, -0.2) is 30.1 Å². The van der Waals surface area contributed by atoms with Crippen molar-refractivity contribution in [1.82, 2.24) is 9.47 Å². The molecule has 0 saturated heterocycles. The van der Waals surface area contributed by atoms with Gasteiger partial charge < -0.3 is 9.47 Å². The number of hydrogen-bond acceptors (Lipinski definition) is 2. The minimum Gasteiger partial charge on any atom is -0.378 e. The van der Waals surface area contributed by atoms with Gasteiger partial charge in [0.05, 0.1) is 6.04 Å². The predicted octanol–water partition coefficient (Wildman–Crippen LogP) is 5.30. The molecule has 0 radical (unpaired) electrons. The van der Waals surface area contributed by atoms with Crippen LogP contribution in [0.4, 0.5) is 5.69 Å². The first-order valence-corrected chi connectivity index (χ1v) is 10.7. The van der Waals surface area contributed by atoms with Gasteiger partial charge in [-0.15, -0.1) is 0 Å². The van der Waals surface area contributed by atoms with Crippen molar-refractivity contribution >= 4 is 16.6 Å². The fourth-order valence-corrected chi connectivity index (χ4v) is 5.32. The van der Waals surface area contributed by atoms with Crippen LogP contribution in [0, 0.1) is 6.92 Å². The van der Waals surface area contributed by atoms with Gasteiger partial charge in [-0.2, -0.15) is 0 Å². The van der Waals surface area contributed by atoms with E-state index >= 15 is 0 Å². The predicted molar refractivity (Wildman–Crippen MR) is 118 cm³/mol. The third-order valence-electron chi connectivity index (χ3n) is 6.69. The first-order valence-electron chi connectivity index (χ1n) is 10.7. The number of fused-ring (bicyclic) bond motifs is 3. The summed E-state index contributed by atoms with van der Waals surface area (Å²) >= 11 is 0. The summed E-state index contributed by atoms with van der Waals surface area (Å²) in [6.45, 7) is 5.62. The smallest absolute Gasteiger partial charge is 0.0507 e. The van der Waals surface area contributed by atoms with E-state index in [4.69, 9.17) is 0 Å². The van der Waals surface area contributed by atoms with Crippen molar-refractivity contribution in [2.75, 3.05) is 25.5 Å². The summed E-state index contributed by atoms with van der Waals surface area (Å²) in [6.07, 6.45) is 5.07. The molecular formula is C25H31N3. The van der Waals surface area contributed by atoms with Gasteiger partial charge in [-0.1, -0.05) is 23.8 Å². The fourth-order valence-electron chi connectivity index (χ4n) is 5.32. The van der Waals surface area contributed by atoms with Gasteiger partial charge in [0.2, 0.25) is 0 Å². The van der Waals surface area contributed by atoms with Gasteiger partial charge in [-0.05, 0) is 68.0 Å². The summed E-state index contributed by atoms with van der Waals surface area (Å²) in [6, 6.07) is 16.7. The molecule has 5 rings (SSSR count). The number of hydrogen-bond donors (Lipinski definition) is 0. The normalized spacial score (nSPS) is 19.5. The molecule has 0 amide bonds. The summed E-state index contributed by atoms with van der Waals surface area (Å²) in [4.78, 5) is 4.92. The Morgan fingerprint density at radius 1 is 1.00 bits per heavy atom. The molecule has 2 aromatic carbocycles. The van der Waals surface area contributed by atoms with E-state index in [2.05, 4.69) is 77.9 Å². The first-order chi connectivity index (χ1) is 13.6. The van der Waals surface area contributed by atoms with Crippen LogP contribution in [0.2, 0.25) is 0 Å². The topological polar surface area (TPSA) is 11.4 Å². The largest absolute Gasteiger partial charge is 0.378 e. The average molecular weight is 374 g/mol. The molecule has 1 atom stereocenters. The van der Waals surface area contributed by atoms with Crippen LogP contribution in [0.1, 0.15) is 47.7 Å². The van der Waals surface area contributed by atoms with E-state index in [9.17, 15) is 0 Å². The molecule has 0 fully saturated rings. The van der Waals surface area contributed by atoms with Crippen LogP contribution in [-0.2, 0) is 19.5 Å². The molecule has 1 aliphatic carbocycles. The lowest BCUT2D eigenvalue weighted by Gasteiger charge is -2.33. The van der Waals surface area contributed by atoms with E-state index in [1.165, 1.54) is 59.9 Å². The zero-order chi connectivity index (χ0) is 19.3. The molecule has 28 heavy (non-hydrogen) atoms. The Kier molecular flexibility index (Phi) is 4.43. The lowest BCUT2D eigenvalue weighted by Crippen LogP contribution is -2.31. The maximum absolute atomic E-state index is 2.75. The van der Waals surface area contributed by atoms with Gasteiger partial charge in [0.15, 0.2) is 0 Å². The van der Waals surface area contributed by atoms with Gasteiger partial charge in [0, 0.05) is 56.0 Å². The highest BCUT2D eigenvalue weighted by Crippen LogP contribution is 2.42. The van der Waals surface area contributed by atoms with Crippen LogP contribution in [0.25, 0.3) is 10.9 Å². The Bertz CT molecular complexity index is 993. The molecule has 3 heteroatoms. The third-order valence-corrected chi connectivity index (χ3v) is 6.69. The molecule has 2 aliphatic rings.